The van der Waals surface area contributed by atoms with Crippen molar-refractivity contribution in [1.82, 2.24) is 5.43 Å². The van der Waals surface area contributed by atoms with Gasteiger partial charge in [-0.2, -0.15) is 5.10 Å². The molecule has 0 saturated heterocycles. The molecule has 0 heterocycles. The average molecular weight is 564 g/mol. The molecule has 0 aliphatic carbocycles. The molecular formula is C18H18Br3N3O3. The number of ether oxygens (including phenoxy) is 2. The average Bonchev–Trinajstić information content (AvgIpc) is 2.64. The Morgan fingerprint density at radius 2 is 1.74 bits per heavy atom. The lowest BCUT2D eigenvalue weighted by atomic mass is 10.1. The van der Waals surface area contributed by atoms with Crippen LogP contribution in [0.4, 0.5) is 5.69 Å². The zero-order chi connectivity index (χ0) is 20.0. The van der Waals surface area contributed by atoms with E-state index in [4.69, 9.17) is 9.47 Å². The highest BCUT2D eigenvalue weighted by Gasteiger charge is 2.10. The summed E-state index contributed by atoms with van der Waals surface area (Å²) in [5, 5.41) is 7.23. The molecule has 0 aliphatic rings. The molecule has 2 N–H and O–H groups in total. The van der Waals surface area contributed by atoms with E-state index >= 15 is 0 Å². The predicted octanol–water partition coefficient (Wildman–Crippen LogP) is 4.94. The van der Waals surface area contributed by atoms with Gasteiger partial charge in [-0.05, 0) is 63.0 Å². The molecule has 2 aromatic rings. The Morgan fingerprint density at radius 1 is 1.07 bits per heavy atom. The Balaban J connectivity index is 2.02. The molecule has 0 unspecified atom stereocenters. The van der Waals surface area contributed by atoms with Crippen molar-refractivity contribution in [2.24, 2.45) is 5.10 Å². The van der Waals surface area contributed by atoms with Gasteiger partial charge >= 0.3 is 0 Å². The highest BCUT2D eigenvalue weighted by molar-refractivity contribution is 9.11. The zero-order valence-corrected chi connectivity index (χ0v) is 19.7. The first-order chi connectivity index (χ1) is 12.8. The molecule has 9 heteroatoms. The number of amides is 1. The molecule has 0 aromatic heterocycles. The third kappa shape index (κ3) is 5.95. The Kier molecular flexibility index (Phi) is 8.12. The summed E-state index contributed by atoms with van der Waals surface area (Å²) in [5.74, 6) is 1.02. The van der Waals surface area contributed by atoms with Gasteiger partial charge < -0.3 is 14.8 Å². The van der Waals surface area contributed by atoms with Gasteiger partial charge in [0.2, 0.25) is 0 Å². The van der Waals surface area contributed by atoms with Crippen LogP contribution in [0.25, 0.3) is 0 Å². The molecule has 0 radical (unpaired) electrons. The van der Waals surface area contributed by atoms with Gasteiger partial charge in [-0.1, -0.05) is 15.9 Å². The van der Waals surface area contributed by atoms with E-state index in [0.717, 1.165) is 24.7 Å². The molecule has 144 valence electrons. The number of nitrogens with one attached hydrogen (secondary N) is 2. The second-order valence-electron chi connectivity index (χ2n) is 5.40. The Bertz CT molecular complexity index is 849. The highest BCUT2D eigenvalue weighted by atomic mass is 79.9. The minimum atomic E-state index is -0.274. The Labute approximate surface area is 183 Å². The van der Waals surface area contributed by atoms with Crippen molar-refractivity contribution in [1.29, 1.82) is 0 Å². The number of methoxy groups -OCH3 is 2. The quantitative estimate of drug-likeness (QED) is 0.370. The molecular weight excluding hydrogens is 546 g/mol. The number of rotatable bonds is 7. The molecule has 6 nitrogen and oxygen atoms in total. The van der Waals surface area contributed by atoms with Crippen LogP contribution < -0.4 is 20.2 Å². The lowest BCUT2D eigenvalue weighted by molar-refractivity contribution is -0.119. The Morgan fingerprint density at radius 3 is 2.33 bits per heavy atom. The third-order valence-electron chi connectivity index (χ3n) is 3.58. The standard InChI is InChI=1S/C18H18Br3N3O3/c1-10(13-5-4-12(26-2)8-16(13)27-3)23-24-17(25)9-22-18-14(20)6-11(19)7-15(18)21/h4-8,22H,9H2,1-3H3,(H,24,25). The number of anilines is 1. The first-order valence-corrected chi connectivity index (χ1v) is 10.2. The maximum absolute atomic E-state index is 12.1. The lowest BCUT2D eigenvalue weighted by Crippen LogP contribution is -2.27. The molecule has 0 atom stereocenters. The smallest absolute Gasteiger partial charge is 0.259 e. The Hall–Kier alpha value is -1.58. The molecule has 1 amide bonds. The maximum Gasteiger partial charge on any atom is 0.259 e. The highest BCUT2D eigenvalue weighted by Crippen LogP contribution is 2.34. The van der Waals surface area contributed by atoms with E-state index in [-0.39, 0.29) is 12.5 Å². The van der Waals surface area contributed by atoms with Crippen LogP contribution in [0.15, 0.2) is 48.9 Å². The van der Waals surface area contributed by atoms with Gasteiger partial charge in [-0.15, -0.1) is 0 Å². The van der Waals surface area contributed by atoms with Crippen LogP contribution in [0.1, 0.15) is 12.5 Å². The number of hydrogen-bond acceptors (Lipinski definition) is 5. The molecule has 0 saturated carbocycles. The number of halogens is 3. The number of carbonyl (C=O) groups excluding carboxylic acids is 1. The van der Waals surface area contributed by atoms with Gasteiger partial charge in [-0.25, -0.2) is 5.43 Å². The van der Waals surface area contributed by atoms with Crippen molar-refractivity contribution in [3.63, 3.8) is 0 Å². The van der Waals surface area contributed by atoms with Crippen LogP contribution in [-0.2, 0) is 4.79 Å². The van der Waals surface area contributed by atoms with Crippen molar-refractivity contribution in [3.05, 3.63) is 49.3 Å². The van der Waals surface area contributed by atoms with E-state index < -0.39 is 0 Å². The SMILES string of the molecule is COc1ccc(C(C)=NNC(=O)CNc2c(Br)cc(Br)cc2Br)c(OC)c1. The molecule has 0 aliphatic heterocycles. The molecule has 0 spiro atoms. The summed E-state index contributed by atoms with van der Waals surface area (Å²) >= 11 is 10.3. The predicted molar refractivity (Wildman–Crippen MR) is 118 cm³/mol. The summed E-state index contributed by atoms with van der Waals surface area (Å²) in [6.07, 6.45) is 0. The summed E-state index contributed by atoms with van der Waals surface area (Å²) in [6.45, 7) is 1.86. The van der Waals surface area contributed by atoms with Crippen molar-refractivity contribution in [2.75, 3.05) is 26.1 Å². The monoisotopic (exact) mass is 561 g/mol. The summed E-state index contributed by atoms with van der Waals surface area (Å²) in [7, 11) is 3.16. The van der Waals surface area contributed by atoms with Crippen LogP contribution in [0.5, 0.6) is 11.5 Å². The van der Waals surface area contributed by atoms with Gasteiger partial charge in [0.15, 0.2) is 0 Å². The van der Waals surface area contributed by atoms with Gasteiger partial charge in [0.25, 0.3) is 5.91 Å². The van der Waals surface area contributed by atoms with Gasteiger partial charge in [0.1, 0.15) is 11.5 Å². The number of nitrogens with zero attached hydrogens (tertiary/aromatic N) is 1. The number of hydrazone groups is 1. The summed E-state index contributed by atoms with van der Waals surface area (Å²) < 4.78 is 13.1. The fourth-order valence-electron chi connectivity index (χ4n) is 2.22. The normalized spacial score (nSPS) is 11.1. The lowest BCUT2D eigenvalue weighted by Gasteiger charge is -2.12. The molecule has 2 rings (SSSR count). The number of hydrogen-bond donors (Lipinski definition) is 2. The summed E-state index contributed by atoms with van der Waals surface area (Å²) in [5.41, 5.74) is 4.71. The van der Waals surface area contributed by atoms with Crippen molar-refractivity contribution in [2.45, 2.75) is 6.92 Å². The van der Waals surface area contributed by atoms with Crippen molar-refractivity contribution < 1.29 is 14.3 Å². The first-order valence-electron chi connectivity index (χ1n) is 7.79. The second kappa shape index (κ2) is 10.1. The van der Waals surface area contributed by atoms with Crippen LogP contribution >= 0.6 is 47.8 Å². The van der Waals surface area contributed by atoms with E-state index in [9.17, 15) is 4.79 Å². The molecule has 0 bridgehead atoms. The summed E-state index contributed by atoms with van der Waals surface area (Å²) in [6, 6.07) is 9.19. The third-order valence-corrected chi connectivity index (χ3v) is 5.29. The largest absolute Gasteiger partial charge is 0.497 e. The van der Waals surface area contributed by atoms with E-state index in [1.807, 2.05) is 24.3 Å². The van der Waals surface area contributed by atoms with Crippen LogP contribution in [0.3, 0.4) is 0 Å². The molecule has 0 fully saturated rings. The fraction of sp³-hybridized carbons (Fsp3) is 0.222. The number of carbonyl (C=O) groups is 1. The zero-order valence-electron chi connectivity index (χ0n) is 14.9. The minimum Gasteiger partial charge on any atom is -0.497 e. The number of benzene rings is 2. The van der Waals surface area contributed by atoms with Gasteiger partial charge in [-0.3, -0.25) is 4.79 Å². The van der Waals surface area contributed by atoms with Crippen LogP contribution in [-0.4, -0.2) is 32.4 Å². The van der Waals surface area contributed by atoms with E-state index in [0.29, 0.717) is 17.2 Å². The second-order valence-corrected chi connectivity index (χ2v) is 8.02. The van der Waals surface area contributed by atoms with E-state index in [1.54, 1.807) is 27.2 Å². The molecule has 27 heavy (non-hydrogen) atoms. The van der Waals surface area contributed by atoms with E-state index in [1.165, 1.54) is 0 Å². The topological polar surface area (TPSA) is 72.0 Å². The molecule has 2 aromatic carbocycles. The van der Waals surface area contributed by atoms with Gasteiger partial charge in [0.05, 0.1) is 32.2 Å². The van der Waals surface area contributed by atoms with Crippen molar-refractivity contribution in [3.8, 4) is 11.5 Å². The van der Waals surface area contributed by atoms with Gasteiger partial charge in [0, 0.05) is 25.0 Å². The van der Waals surface area contributed by atoms with Crippen LogP contribution in [0, 0.1) is 0 Å². The van der Waals surface area contributed by atoms with E-state index in [2.05, 4.69) is 63.6 Å². The maximum atomic E-state index is 12.1. The van der Waals surface area contributed by atoms with Crippen LogP contribution in [0.2, 0.25) is 0 Å². The summed E-state index contributed by atoms with van der Waals surface area (Å²) in [4.78, 5) is 12.1. The minimum absolute atomic E-state index is 0.0648. The first kappa shape index (κ1) is 21.7. The fourth-order valence-corrected chi connectivity index (χ4v) is 4.76. The van der Waals surface area contributed by atoms with Crippen molar-refractivity contribution >= 4 is 65.1 Å².